The molecule has 94 valence electrons. The van der Waals surface area contributed by atoms with Gasteiger partial charge >= 0.3 is 5.97 Å². The lowest BCUT2D eigenvalue weighted by Crippen LogP contribution is -2.14. The smallest absolute Gasteiger partial charge is 0.311 e. The van der Waals surface area contributed by atoms with Crippen molar-refractivity contribution in [2.24, 2.45) is 0 Å². The standard InChI is InChI=1S/C14H20O2S/c1-2-3-7-10-17-11-13(14(15)16)12-8-5-4-6-9-12/h4-6,8-9,13H,2-3,7,10-11H2,1H3,(H,15,16). The molecule has 1 aromatic rings. The second-order valence-corrected chi connectivity index (χ2v) is 5.23. The summed E-state index contributed by atoms with van der Waals surface area (Å²) in [5.74, 6) is 0.634. The molecule has 0 radical (unpaired) electrons. The molecule has 0 saturated heterocycles. The number of hydrogen-bond acceptors (Lipinski definition) is 2. The van der Waals surface area contributed by atoms with Crippen LogP contribution in [0.4, 0.5) is 0 Å². The van der Waals surface area contributed by atoms with Gasteiger partial charge in [0.2, 0.25) is 0 Å². The van der Waals surface area contributed by atoms with Crippen molar-refractivity contribution in [2.75, 3.05) is 11.5 Å². The van der Waals surface area contributed by atoms with Crippen LogP contribution in [0.15, 0.2) is 30.3 Å². The zero-order chi connectivity index (χ0) is 12.5. The van der Waals surface area contributed by atoms with E-state index in [0.29, 0.717) is 5.75 Å². The van der Waals surface area contributed by atoms with Crippen molar-refractivity contribution in [2.45, 2.75) is 32.1 Å². The second kappa shape index (κ2) is 8.18. The molecule has 0 bridgehead atoms. The van der Waals surface area contributed by atoms with Crippen molar-refractivity contribution in [1.82, 2.24) is 0 Å². The number of aliphatic carboxylic acids is 1. The Morgan fingerprint density at radius 1 is 1.29 bits per heavy atom. The molecule has 0 aliphatic heterocycles. The van der Waals surface area contributed by atoms with Crippen LogP contribution in [0.2, 0.25) is 0 Å². The van der Waals surface area contributed by atoms with Crippen LogP contribution in [0.25, 0.3) is 0 Å². The largest absolute Gasteiger partial charge is 0.481 e. The lowest BCUT2D eigenvalue weighted by Gasteiger charge is -2.12. The van der Waals surface area contributed by atoms with Crippen LogP contribution in [0.3, 0.4) is 0 Å². The van der Waals surface area contributed by atoms with E-state index in [0.717, 1.165) is 11.3 Å². The van der Waals surface area contributed by atoms with Gasteiger partial charge in [-0.3, -0.25) is 4.79 Å². The Balaban J connectivity index is 2.42. The van der Waals surface area contributed by atoms with E-state index in [9.17, 15) is 9.90 Å². The van der Waals surface area contributed by atoms with Crippen molar-refractivity contribution < 1.29 is 9.90 Å². The summed E-state index contributed by atoms with van der Waals surface area (Å²) in [6.45, 7) is 2.18. The zero-order valence-corrected chi connectivity index (χ0v) is 11.1. The van der Waals surface area contributed by atoms with E-state index in [1.165, 1.54) is 19.3 Å². The number of benzene rings is 1. The van der Waals surface area contributed by atoms with Gasteiger partial charge in [0.05, 0.1) is 5.92 Å². The lowest BCUT2D eigenvalue weighted by atomic mass is 10.0. The van der Waals surface area contributed by atoms with Gasteiger partial charge in [0, 0.05) is 5.75 Å². The first-order chi connectivity index (χ1) is 8.25. The van der Waals surface area contributed by atoms with Crippen LogP contribution in [-0.2, 0) is 4.79 Å². The fourth-order valence-corrected chi connectivity index (χ4v) is 2.80. The molecule has 17 heavy (non-hydrogen) atoms. The van der Waals surface area contributed by atoms with Crippen molar-refractivity contribution in [3.8, 4) is 0 Å². The first-order valence-electron chi connectivity index (χ1n) is 6.11. The average molecular weight is 252 g/mol. The molecule has 2 nitrogen and oxygen atoms in total. The summed E-state index contributed by atoms with van der Waals surface area (Å²) in [6.07, 6.45) is 3.62. The van der Waals surface area contributed by atoms with Gasteiger partial charge in [0.25, 0.3) is 0 Å². The highest BCUT2D eigenvalue weighted by Crippen LogP contribution is 2.21. The molecule has 0 amide bonds. The Bertz CT molecular complexity index is 324. The van der Waals surface area contributed by atoms with E-state index >= 15 is 0 Å². The van der Waals surface area contributed by atoms with Crippen LogP contribution in [-0.4, -0.2) is 22.6 Å². The molecule has 1 atom stereocenters. The zero-order valence-electron chi connectivity index (χ0n) is 10.3. The molecular formula is C14H20O2S. The predicted octanol–water partition coefficient (Wildman–Crippen LogP) is 3.78. The van der Waals surface area contributed by atoms with Gasteiger partial charge < -0.3 is 5.11 Å². The van der Waals surface area contributed by atoms with Crippen molar-refractivity contribution in [3.63, 3.8) is 0 Å². The van der Waals surface area contributed by atoms with Gasteiger partial charge in [-0.25, -0.2) is 0 Å². The summed E-state index contributed by atoms with van der Waals surface area (Å²) in [4.78, 5) is 11.2. The third-order valence-corrected chi connectivity index (χ3v) is 3.82. The van der Waals surface area contributed by atoms with Crippen LogP contribution < -0.4 is 0 Å². The first-order valence-corrected chi connectivity index (χ1v) is 7.26. The summed E-state index contributed by atoms with van der Waals surface area (Å²) in [5, 5.41) is 9.22. The van der Waals surface area contributed by atoms with Crippen LogP contribution >= 0.6 is 11.8 Å². The minimum atomic E-state index is -0.723. The normalized spacial score (nSPS) is 12.3. The minimum absolute atomic E-state index is 0.372. The molecule has 3 heteroatoms. The molecule has 1 aromatic carbocycles. The van der Waals surface area contributed by atoms with Gasteiger partial charge in [-0.2, -0.15) is 11.8 Å². The number of rotatable bonds is 8. The van der Waals surface area contributed by atoms with Gasteiger partial charge in [0.1, 0.15) is 0 Å². The Morgan fingerprint density at radius 3 is 2.59 bits per heavy atom. The van der Waals surface area contributed by atoms with E-state index in [1.807, 2.05) is 30.3 Å². The summed E-state index contributed by atoms with van der Waals surface area (Å²) >= 11 is 1.74. The highest BCUT2D eigenvalue weighted by molar-refractivity contribution is 7.99. The fourth-order valence-electron chi connectivity index (χ4n) is 1.65. The topological polar surface area (TPSA) is 37.3 Å². The number of unbranched alkanes of at least 4 members (excludes halogenated alkanes) is 2. The average Bonchev–Trinajstić information content (AvgIpc) is 2.34. The van der Waals surface area contributed by atoms with Crippen molar-refractivity contribution in [1.29, 1.82) is 0 Å². The molecule has 0 aliphatic carbocycles. The number of hydrogen-bond donors (Lipinski definition) is 1. The van der Waals surface area contributed by atoms with Gasteiger partial charge in [-0.15, -0.1) is 0 Å². The summed E-state index contributed by atoms with van der Waals surface area (Å²) in [6, 6.07) is 9.49. The van der Waals surface area contributed by atoms with Crippen LogP contribution in [0.5, 0.6) is 0 Å². The van der Waals surface area contributed by atoms with E-state index in [1.54, 1.807) is 11.8 Å². The molecule has 0 saturated carbocycles. The monoisotopic (exact) mass is 252 g/mol. The SMILES string of the molecule is CCCCCSCC(C(=O)O)c1ccccc1. The van der Waals surface area contributed by atoms with Gasteiger partial charge in [0.15, 0.2) is 0 Å². The molecule has 0 fully saturated rings. The third-order valence-electron chi connectivity index (χ3n) is 2.68. The highest BCUT2D eigenvalue weighted by Gasteiger charge is 2.18. The number of thioether (sulfide) groups is 1. The van der Waals surface area contributed by atoms with Crippen molar-refractivity contribution in [3.05, 3.63) is 35.9 Å². The first kappa shape index (κ1) is 14.1. The van der Waals surface area contributed by atoms with Crippen LogP contribution in [0, 0.1) is 0 Å². The maximum Gasteiger partial charge on any atom is 0.311 e. The summed E-state index contributed by atoms with van der Waals surface area (Å²) in [5.41, 5.74) is 0.906. The van der Waals surface area contributed by atoms with E-state index in [4.69, 9.17) is 0 Å². The molecule has 0 aliphatic rings. The van der Waals surface area contributed by atoms with E-state index < -0.39 is 5.97 Å². The number of carboxylic acid groups (broad SMARTS) is 1. The Morgan fingerprint density at radius 2 is 2.00 bits per heavy atom. The summed E-state index contributed by atoms with van der Waals surface area (Å²) < 4.78 is 0. The molecule has 1 rings (SSSR count). The molecule has 1 unspecified atom stereocenters. The molecule has 1 N–H and O–H groups in total. The Hall–Kier alpha value is -0.960. The number of carbonyl (C=O) groups is 1. The molecule has 0 aromatic heterocycles. The molecule has 0 spiro atoms. The highest BCUT2D eigenvalue weighted by atomic mass is 32.2. The maximum absolute atomic E-state index is 11.2. The maximum atomic E-state index is 11.2. The van der Waals surface area contributed by atoms with Crippen LogP contribution in [0.1, 0.15) is 37.7 Å². The fraction of sp³-hybridized carbons (Fsp3) is 0.500. The number of carboxylic acids is 1. The minimum Gasteiger partial charge on any atom is -0.481 e. The quantitative estimate of drug-likeness (QED) is 0.715. The summed E-state index contributed by atoms with van der Waals surface area (Å²) in [7, 11) is 0. The molecular weight excluding hydrogens is 232 g/mol. The second-order valence-electron chi connectivity index (χ2n) is 4.08. The Kier molecular flexibility index (Phi) is 6.78. The van der Waals surface area contributed by atoms with Gasteiger partial charge in [-0.05, 0) is 17.7 Å². The predicted molar refractivity (Wildman–Crippen MR) is 73.7 cm³/mol. The Labute approximate surface area is 107 Å². The third kappa shape index (κ3) is 5.26. The van der Waals surface area contributed by atoms with E-state index in [2.05, 4.69) is 6.92 Å². The van der Waals surface area contributed by atoms with Gasteiger partial charge in [-0.1, -0.05) is 50.1 Å². The molecule has 0 heterocycles. The van der Waals surface area contributed by atoms with E-state index in [-0.39, 0.29) is 5.92 Å². The van der Waals surface area contributed by atoms with Crippen molar-refractivity contribution >= 4 is 17.7 Å². The lowest BCUT2D eigenvalue weighted by molar-refractivity contribution is -0.138.